The topological polar surface area (TPSA) is 114 Å². The molecular weight excluding hydrogens is 494 g/mol. The van der Waals surface area contributed by atoms with Gasteiger partial charge in [0, 0.05) is 39.2 Å². The molecule has 2 saturated heterocycles. The molecule has 0 spiro atoms. The van der Waals surface area contributed by atoms with Gasteiger partial charge in [-0.25, -0.2) is 0 Å². The lowest BCUT2D eigenvalue weighted by atomic mass is 9.98. The van der Waals surface area contributed by atoms with E-state index in [1.807, 2.05) is 36.5 Å². The van der Waals surface area contributed by atoms with Gasteiger partial charge in [0.25, 0.3) is 0 Å². The number of nitrogens with zero attached hydrogens (tertiary/aromatic N) is 1. The number of ether oxygens (including phenoxy) is 3. The van der Waals surface area contributed by atoms with E-state index in [1.54, 1.807) is 16.7 Å². The molecule has 5 atom stereocenters. The number of halogens is 1. The number of aliphatic hydroxyl groups is 4. The third kappa shape index (κ3) is 5.19. The maximum atomic E-state index is 10.7. The standard InChI is InChI=1S/C25H28ClNO7S/c26-14-1-6-18-19(11-14)27(25-24(31)23(30)22(29)20(13-28)34-25)12-21(18)35-17-4-2-15(3-5-17)33-16-7-9-32-10-8-16/h1-6,11-12,16,20,22-25,28-31H,7-10,13H2/t20-,22-,23+,24-,25-/m1/s1. The smallest absolute Gasteiger partial charge is 0.163 e. The molecule has 0 aliphatic carbocycles. The van der Waals surface area contributed by atoms with Crippen LogP contribution in [0.25, 0.3) is 10.9 Å². The number of aliphatic hydroxyl groups excluding tert-OH is 4. The highest BCUT2D eigenvalue weighted by molar-refractivity contribution is 7.99. The molecule has 0 amide bonds. The maximum absolute atomic E-state index is 10.7. The summed E-state index contributed by atoms with van der Waals surface area (Å²) in [7, 11) is 0. The molecular formula is C25H28ClNO7S. The predicted octanol–water partition coefficient (Wildman–Crippen LogP) is 2.98. The summed E-state index contributed by atoms with van der Waals surface area (Å²) in [6, 6.07) is 13.3. The molecule has 2 aromatic carbocycles. The zero-order valence-corrected chi connectivity index (χ0v) is 20.4. The molecule has 4 N–H and O–H groups in total. The summed E-state index contributed by atoms with van der Waals surface area (Å²) in [6.45, 7) is 0.952. The van der Waals surface area contributed by atoms with Crippen molar-refractivity contribution in [2.45, 2.75) is 59.4 Å². The lowest BCUT2D eigenvalue weighted by Crippen LogP contribution is -2.56. The molecule has 0 radical (unpaired) electrons. The van der Waals surface area contributed by atoms with Crippen molar-refractivity contribution in [1.29, 1.82) is 0 Å². The predicted molar refractivity (Wildman–Crippen MR) is 131 cm³/mol. The van der Waals surface area contributed by atoms with Crippen LogP contribution in [-0.4, -0.2) is 75.3 Å². The van der Waals surface area contributed by atoms with Gasteiger partial charge >= 0.3 is 0 Å². The minimum Gasteiger partial charge on any atom is -0.490 e. The Balaban J connectivity index is 1.41. The van der Waals surface area contributed by atoms with Crippen LogP contribution in [0.3, 0.4) is 0 Å². The molecule has 188 valence electrons. The normalized spacial score (nSPS) is 27.9. The zero-order chi connectivity index (χ0) is 24.5. The van der Waals surface area contributed by atoms with Crippen molar-refractivity contribution in [1.82, 2.24) is 4.57 Å². The van der Waals surface area contributed by atoms with E-state index in [-0.39, 0.29) is 6.10 Å². The second-order valence-electron chi connectivity index (χ2n) is 8.78. The van der Waals surface area contributed by atoms with Crippen molar-refractivity contribution in [2.24, 2.45) is 0 Å². The van der Waals surface area contributed by atoms with Gasteiger partial charge in [-0.3, -0.25) is 0 Å². The minimum atomic E-state index is -1.47. The first-order valence-corrected chi connectivity index (χ1v) is 12.8. The molecule has 3 heterocycles. The summed E-state index contributed by atoms with van der Waals surface area (Å²) in [5.74, 6) is 0.816. The lowest BCUT2D eigenvalue weighted by molar-refractivity contribution is -0.250. The average Bonchev–Trinajstić information content (AvgIpc) is 3.21. The van der Waals surface area contributed by atoms with Gasteiger partial charge in [-0.2, -0.15) is 0 Å². The number of hydrogen-bond acceptors (Lipinski definition) is 8. The first-order chi connectivity index (χ1) is 16.9. The second kappa shape index (κ2) is 10.7. The third-order valence-electron chi connectivity index (χ3n) is 6.42. The summed E-state index contributed by atoms with van der Waals surface area (Å²) in [5.41, 5.74) is 0.698. The Bertz CT molecular complexity index is 1150. The molecule has 10 heteroatoms. The lowest BCUT2D eigenvalue weighted by Gasteiger charge is -2.40. The van der Waals surface area contributed by atoms with Crippen LogP contribution < -0.4 is 4.74 Å². The fourth-order valence-corrected chi connectivity index (χ4v) is 5.64. The summed E-state index contributed by atoms with van der Waals surface area (Å²) in [6.07, 6.45) is -2.55. The fraction of sp³-hybridized carbons (Fsp3) is 0.440. The highest BCUT2D eigenvalue weighted by Crippen LogP contribution is 2.40. The molecule has 0 unspecified atom stereocenters. The first-order valence-electron chi connectivity index (χ1n) is 11.6. The summed E-state index contributed by atoms with van der Waals surface area (Å²) >= 11 is 7.80. The fourth-order valence-electron chi connectivity index (χ4n) is 4.50. The van der Waals surface area contributed by atoms with E-state index in [1.165, 1.54) is 11.8 Å². The Hall–Kier alpha value is -1.82. The molecule has 3 aromatic rings. The first kappa shape index (κ1) is 24.9. The Kier molecular flexibility index (Phi) is 7.57. The molecule has 0 saturated carbocycles. The van der Waals surface area contributed by atoms with Gasteiger partial charge in [0.05, 0.1) is 25.3 Å². The highest BCUT2D eigenvalue weighted by atomic mass is 35.5. The number of aromatic nitrogens is 1. The number of fused-ring (bicyclic) bond motifs is 1. The molecule has 5 rings (SSSR count). The van der Waals surface area contributed by atoms with Crippen LogP contribution in [0.15, 0.2) is 58.5 Å². The number of benzene rings is 2. The van der Waals surface area contributed by atoms with Crippen LogP contribution in [-0.2, 0) is 9.47 Å². The quantitative estimate of drug-likeness (QED) is 0.391. The summed E-state index contributed by atoms with van der Waals surface area (Å²) in [4.78, 5) is 1.89. The van der Waals surface area contributed by atoms with E-state index in [4.69, 9.17) is 25.8 Å². The monoisotopic (exact) mass is 521 g/mol. The Morgan fingerprint density at radius 3 is 2.46 bits per heavy atom. The molecule has 0 bridgehead atoms. The van der Waals surface area contributed by atoms with Crippen LogP contribution in [0.4, 0.5) is 0 Å². The van der Waals surface area contributed by atoms with E-state index >= 15 is 0 Å². The number of hydrogen-bond donors (Lipinski definition) is 4. The van der Waals surface area contributed by atoms with Gasteiger partial charge in [0.1, 0.15) is 36.3 Å². The molecule has 35 heavy (non-hydrogen) atoms. The minimum absolute atomic E-state index is 0.170. The Morgan fingerprint density at radius 2 is 1.74 bits per heavy atom. The van der Waals surface area contributed by atoms with Gasteiger partial charge in [-0.1, -0.05) is 29.4 Å². The van der Waals surface area contributed by atoms with E-state index in [0.717, 1.165) is 47.0 Å². The third-order valence-corrected chi connectivity index (χ3v) is 7.71. The maximum Gasteiger partial charge on any atom is 0.163 e. The van der Waals surface area contributed by atoms with Gasteiger partial charge < -0.3 is 39.2 Å². The SMILES string of the molecule is OC[C@H]1O[C@@H](n2cc(Sc3ccc(OC4CCOCC4)cc3)c3ccc(Cl)cc32)[C@H](O)[C@@H](O)[C@@H]1O. The Morgan fingerprint density at radius 1 is 1.00 bits per heavy atom. The van der Waals surface area contributed by atoms with Crippen molar-refractivity contribution in [3.05, 3.63) is 53.7 Å². The van der Waals surface area contributed by atoms with Gasteiger partial charge in [-0.15, -0.1) is 0 Å². The Labute approximate surface area is 212 Å². The molecule has 8 nitrogen and oxygen atoms in total. The highest BCUT2D eigenvalue weighted by Gasteiger charge is 2.44. The van der Waals surface area contributed by atoms with Crippen LogP contribution in [0.1, 0.15) is 19.1 Å². The molecule has 1 aromatic heterocycles. The molecule has 2 aliphatic rings. The van der Waals surface area contributed by atoms with Crippen molar-refractivity contribution in [3.8, 4) is 5.75 Å². The van der Waals surface area contributed by atoms with E-state index in [9.17, 15) is 20.4 Å². The van der Waals surface area contributed by atoms with E-state index < -0.39 is 37.3 Å². The van der Waals surface area contributed by atoms with Crippen LogP contribution in [0.2, 0.25) is 5.02 Å². The molecule has 2 fully saturated rings. The van der Waals surface area contributed by atoms with Crippen LogP contribution >= 0.6 is 23.4 Å². The zero-order valence-electron chi connectivity index (χ0n) is 18.9. The van der Waals surface area contributed by atoms with Crippen molar-refractivity contribution in [3.63, 3.8) is 0 Å². The molecule has 2 aliphatic heterocycles. The average molecular weight is 522 g/mol. The second-order valence-corrected chi connectivity index (χ2v) is 10.3. The van der Waals surface area contributed by atoms with Crippen LogP contribution in [0.5, 0.6) is 5.75 Å². The van der Waals surface area contributed by atoms with Crippen LogP contribution in [0, 0.1) is 0 Å². The summed E-state index contributed by atoms with van der Waals surface area (Å²) in [5, 5.41) is 42.1. The summed E-state index contributed by atoms with van der Waals surface area (Å²) < 4.78 is 18.9. The van der Waals surface area contributed by atoms with Crippen molar-refractivity contribution < 1.29 is 34.6 Å². The van der Waals surface area contributed by atoms with Crippen molar-refractivity contribution >= 4 is 34.3 Å². The van der Waals surface area contributed by atoms with Crippen molar-refractivity contribution in [2.75, 3.05) is 19.8 Å². The number of rotatable bonds is 6. The largest absolute Gasteiger partial charge is 0.490 e. The van der Waals surface area contributed by atoms with Gasteiger partial charge in [-0.05, 0) is 36.4 Å². The van der Waals surface area contributed by atoms with E-state index in [0.29, 0.717) is 10.5 Å². The van der Waals surface area contributed by atoms with Gasteiger partial charge in [0.15, 0.2) is 6.23 Å². The van der Waals surface area contributed by atoms with Gasteiger partial charge in [0.2, 0.25) is 0 Å². The van der Waals surface area contributed by atoms with E-state index in [2.05, 4.69) is 0 Å².